The van der Waals surface area contributed by atoms with E-state index in [-0.39, 0.29) is 40.8 Å². The number of nitrogens with two attached hydrogens (primary N) is 1. The molecular weight excluding hydrogens is 897 g/mol. The van der Waals surface area contributed by atoms with E-state index in [0.29, 0.717) is 97.2 Å². The fraction of sp³-hybridized carbons (Fsp3) is 0.450. The average molecular weight is 942 g/mol. The van der Waals surface area contributed by atoms with Gasteiger partial charge < -0.3 is 43.2 Å². The highest BCUT2D eigenvalue weighted by molar-refractivity contribution is 8.03. The molecule has 352 valence electrons. The van der Waals surface area contributed by atoms with Crippen molar-refractivity contribution in [3.8, 4) is 39.9 Å². The van der Waals surface area contributed by atoms with Gasteiger partial charge in [-0.05, 0) is 74.8 Å². The van der Waals surface area contributed by atoms with Crippen LogP contribution in [0.1, 0.15) is 35.5 Å². The van der Waals surface area contributed by atoms with E-state index >= 15 is 0 Å². The number of hydrazine groups is 1. The van der Waals surface area contributed by atoms with Gasteiger partial charge in [0, 0.05) is 22.9 Å². The van der Waals surface area contributed by atoms with Crippen molar-refractivity contribution in [2.75, 3.05) is 70.5 Å². The van der Waals surface area contributed by atoms with Crippen LogP contribution in [-0.2, 0) is 18.9 Å². The highest BCUT2D eigenvalue weighted by Crippen LogP contribution is 2.36. The number of thiocyanates is 1. The molecule has 3 aromatic heterocycles. The van der Waals surface area contributed by atoms with Crippen LogP contribution in [-0.4, -0.2) is 121 Å². The highest BCUT2D eigenvalue weighted by atomic mass is 32.2. The van der Waals surface area contributed by atoms with Crippen LogP contribution in [0.15, 0.2) is 36.4 Å². The Morgan fingerprint density at radius 2 is 1.32 bits per heavy atom. The van der Waals surface area contributed by atoms with Gasteiger partial charge in [0.25, 0.3) is 5.91 Å². The Labute approximate surface area is 371 Å². The molecule has 5 aromatic rings. The van der Waals surface area contributed by atoms with E-state index in [1.54, 1.807) is 39.0 Å². The Hall–Kier alpha value is -5.91. The smallest absolute Gasteiger partial charge is 0.422 e. The van der Waals surface area contributed by atoms with Crippen LogP contribution in [0.5, 0.6) is 23.0 Å². The minimum absolute atomic E-state index is 0.0245. The first-order chi connectivity index (χ1) is 31.0. The number of rotatable bonds is 15. The molecule has 0 aliphatic carbocycles. The van der Waals surface area contributed by atoms with Crippen molar-refractivity contribution in [3.05, 3.63) is 53.2 Å². The third-order valence-electron chi connectivity index (χ3n) is 8.71. The second-order valence-electron chi connectivity index (χ2n) is 13.6. The fourth-order valence-electron chi connectivity index (χ4n) is 5.98. The molecule has 0 spiro atoms. The standard InChI is InChI=1S/C20H22F3N5O4.C15H16F3N3O3.C5H7NO2S/c1-3-29-12-7-13-11(2)6-14(25-17(13)15(8-12)32-10-20(21,22)23)18-26-19(28-27-18)24-9-16-30-4-5-31-16;1-3-23-9-5-10-8(2)4-11(14(22)21-19)20-13(10)12(6-9)24-7-15(16,17)18;6-4-9-3-5-7-1-2-8-5/h6-8,16H,3-5,9-10H2,1-2H3,(H2,24,26,27,28);4-6H,3,7,19H2,1-2H3,(H,21,22);5H,1-3H2. The molecule has 0 atom stereocenters. The highest BCUT2D eigenvalue weighted by Gasteiger charge is 2.30. The van der Waals surface area contributed by atoms with E-state index in [9.17, 15) is 31.1 Å². The van der Waals surface area contributed by atoms with Gasteiger partial charge in [-0.15, -0.1) is 5.10 Å². The first-order valence-corrected chi connectivity index (χ1v) is 20.7. The number of anilines is 1. The van der Waals surface area contributed by atoms with Crippen LogP contribution in [0.4, 0.5) is 32.3 Å². The van der Waals surface area contributed by atoms with Crippen molar-refractivity contribution in [2.24, 2.45) is 5.84 Å². The number of halogens is 6. The summed E-state index contributed by atoms with van der Waals surface area (Å²) in [6, 6.07) is 9.32. The fourth-order valence-corrected chi connectivity index (χ4v) is 6.39. The minimum Gasteiger partial charge on any atom is -0.494 e. The van der Waals surface area contributed by atoms with Gasteiger partial charge in [-0.25, -0.2) is 15.8 Å². The number of aromatic nitrogens is 5. The number of nitrogen functional groups attached to an aromatic ring is 1. The topological polar surface area (TPSA) is 232 Å². The molecule has 1 amide bonds. The predicted molar refractivity (Wildman–Crippen MR) is 223 cm³/mol. The number of benzene rings is 2. The second-order valence-corrected chi connectivity index (χ2v) is 14.4. The molecule has 7 rings (SSSR count). The SMILES string of the molecule is CCOc1cc(OCC(F)(F)F)c2nc(-c3nc(NCC4OCCO4)n[nH]3)cc(C)c2c1.CCOc1cc(OCC(F)(F)F)c2nc(C(=O)NN)cc(C)c2c1.N#CSCC1OCCO1. The summed E-state index contributed by atoms with van der Waals surface area (Å²) in [6.45, 7) is 7.60. The summed E-state index contributed by atoms with van der Waals surface area (Å²) >= 11 is 1.16. The zero-order valence-electron chi connectivity index (χ0n) is 35.4. The summed E-state index contributed by atoms with van der Waals surface area (Å²) in [5, 5.41) is 21.1. The number of carbonyl (C=O) groups excluding carboxylic acids is 1. The molecule has 25 heteroatoms. The van der Waals surface area contributed by atoms with Crippen molar-refractivity contribution >= 4 is 45.4 Å². The van der Waals surface area contributed by atoms with E-state index in [2.05, 4.69) is 30.5 Å². The second kappa shape index (κ2) is 23.3. The maximum Gasteiger partial charge on any atom is 0.422 e. The van der Waals surface area contributed by atoms with E-state index in [1.165, 1.54) is 18.2 Å². The van der Waals surface area contributed by atoms with Gasteiger partial charge in [-0.3, -0.25) is 15.3 Å². The minimum atomic E-state index is -4.50. The zero-order chi connectivity index (χ0) is 47.1. The largest absolute Gasteiger partial charge is 0.494 e. The number of nitrogens with zero attached hydrogens (tertiary/aromatic N) is 5. The molecule has 2 saturated heterocycles. The normalized spacial score (nSPS) is 14.2. The molecule has 5 heterocycles. The predicted octanol–water partition coefficient (Wildman–Crippen LogP) is 6.51. The summed E-state index contributed by atoms with van der Waals surface area (Å²) in [5.41, 5.74) is 4.10. The molecule has 18 nitrogen and oxygen atoms in total. The Morgan fingerprint density at radius 3 is 1.83 bits per heavy atom. The summed E-state index contributed by atoms with van der Waals surface area (Å²) in [6.07, 6.45) is -9.51. The number of pyridine rings is 2. The van der Waals surface area contributed by atoms with Crippen LogP contribution in [0.25, 0.3) is 33.3 Å². The number of alkyl halides is 6. The summed E-state index contributed by atoms with van der Waals surface area (Å²) < 4.78 is 117. The van der Waals surface area contributed by atoms with Crippen LogP contribution in [0, 0.1) is 24.5 Å². The summed E-state index contributed by atoms with van der Waals surface area (Å²) in [5.74, 6) is 6.31. The summed E-state index contributed by atoms with van der Waals surface area (Å²) in [7, 11) is 0. The summed E-state index contributed by atoms with van der Waals surface area (Å²) in [4.78, 5) is 24.6. The molecule has 0 saturated carbocycles. The van der Waals surface area contributed by atoms with Crippen molar-refractivity contribution in [1.29, 1.82) is 5.26 Å². The first-order valence-electron chi connectivity index (χ1n) is 19.7. The molecule has 5 N–H and O–H groups in total. The van der Waals surface area contributed by atoms with Crippen molar-refractivity contribution in [1.82, 2.24) is 30.6 Å². The number of hydrogen-bond donors (Lipinski definition) is 4. The number of fused-ring (bicyclic) bond motifs is 2. The number of ether oxygens (including phenoxy) is 8. The van der Waals surface area contributed by atoms with Crippen molar-refractivity contribution in [3.63, 3.8) is 0 Å². The van der Waals surface area contributed by atoms with Gasteiger partial charge in [-0.1, -0.05) is 0 Å². The number of nitrogens with one attached hydrogen (secondary N) is 3. The lowest BCUT2D eigenvalue weighted by molar-refractivity contribution is -0.153. The Bertz CT molecular complexity index is 2410. The van der Waals surface area contributed by atoms with Gasteiger partial charge in [0.05, 0.1) is 51.9 Å². The van der Waals surface area contributed by atoms with Crippen LogP contribution < -0.4 is 35.5 Å². The molecule has 65 heavy (non-hydrogen) atoms. The Morgan fingerprint density at radius 1 is 0.800 bits per heavy atom. The van der Waals surface area contributed by atoms with Crippen LogP contribution in [0.3, 0.4) is 0 Å². The average Bonchev–Trinajstić information content (AvgIpc) is 4.08. The first kappa shape index (κ1) is 50.1. The molecule has 0 radical (unpaired) electrons. The van der Waals surface area contributed by atoms with Crippen LogP contribution >= 0.6 is 11.8 Å². The molecule has 2 aliphatic rings. The van der Waals surface area contributed by atoms with Crippen LogP contribution in [0.2, 0.25) is 0 Å². The van der Waals surface area contributed by atoms with E-state index in [0.717, 1.165) is 17.3 Å². The van der Waals surface area contributed by atoms with Gasteiger partial charge in [-0.2, -0.15) is 36.6 Å². The molecule has 2 aliphatic heterocycles. The molecule has 2 aromatic carbocycles. The number of amides is 1. The Kier molecular flexibility index (Phi) is 18.0. The number of hydrogen-bond acceptors (Lipinski definition) is 17. The Balaban J connectivity index is 0.000000211. The maximum atomic E-state index is 12.8. The van der Waals surface area contributed by atoms with E-state index in [4.69, 9.17) is 49.0 Å². The van der Waals surface area contributed by atoms with Gasteiger partial charge in [0.1, 0.15) is 50.8 Å². The zero-order valence-corrected chi connectivity index (χ0v) is 36.2. The number of nitriles is 1. The van der Waals surface area contributed by atoms with E-state index < -0.39 is 31.5 Å². The molecular formula is C40H45F6N9O9S. The molecule has 2 fully saturated rings. The lowest BCUT2D eigenvalue weighted by Gasteiger charge is -2.15. The van der Waals surface area contributed by atoms with Gasteiger partial charge in [0.2, 0.25) is 5.95 Å². The lowest BCUT2D eigenvalue weighted by atomic mass is 10.1. The maximum absolute atomic E-state index is 12.8. The monoisotopic (exact) mass is 941 g/mol. The number of aryl methyl sites for hydroxylation is 2. The van der Waals surface area contributed by atoms with Gasteiger partial charge in [0.15, 0.2) is 31.6 Å². The third kappa shape index (κ3) is 15.1. The van der Waals surface area contributed by atoms with Crippen molar-refractivity contribution < 1.29 is 69.0 Å². The number of carbonyl (C=O) groups is 1. The number of aromatic amines is 1. The lowest BCUT2D eigenvalue weighted by Crippen LogP contribution is -2.30. The van der Waals surface area contributed by atoms with Gasteiger partial charge >= 0.3 is 12.4 Å². The van der Waals surface area contributed by atoms with Crippen molar-refractivity contribution in [2.45, 2.75) is 52.6 Å². The quantitative estimate of drug-likeness (QED) is 0.0288. The third-order valence-corrected chi connectivity index (χ3v) is 9.27. The molecule has 0 unspecified atom stereocenters. The van der Waals surface area contributed by atoms with E-state index in [1.807, 2.05) is 17.8 Å². The number of H-pyrrole nitrogens is 1. The number of thioether (sulfide) groups is 1. The molecule has 0 bridgehead atoms.